The Morgan fingerprint density at radius 3 is 2.85 bits per heavy atom. The van der Waals surface area contributed by atoms with Crippen molar-refractivity contribution in [2.24, 2.45) is 4.99 Å². The molecule has 0 spiro atoms. The van der Waals surface area contributed by atoms with Crippen LogP contribution in [-0.4, -0.2) is 45.0 Å². The summed E-state index contributed by atoms with van der Waals surface area (Å²) in [6.07, 6.45) is 3.55. The molecule has 0 fully saturated rings. The van der Waals surface area contributed by atoms with Crippen LogP contribution in [0.1, 0.15) is 30.9 Å². The summed E-state index contributed by atoms with van der Waals surface area (Å²) in [5.41, 5.74) is 1.26. The van der Waals surface area contributed by atoms with Gasteiger partial charge in [0.1, 0.15) is 5.75 Å². The Bertz CT molecular complexity index is 457. The zero-order valence-electron chi connectivity index (χ0n) is 12.7. The summed E-state index contributed by atoms with van der Waals surface area (Å²) in [6.45, 7) is 1.84. The van der Waals surface area contributed by atoms with Gasteiger partial charge in [-0.15, -0.1) is 0 Å². The predicted molar refractivity (Wildman–Crippen MR) is 83.6 cm³/mol. The summed E-state index contributed by atoms with van der Waals surface area (Å²) in [6, 6.07) is 8.60. The topological polar surface area (TPSA) is 36.9 Å². The van der Waals surface area contributed by atoms with Crippen molar-refractivity contribution in [1.82, 2.24) is 10.2 Å². The number of hydrogen-bond donors (Lipinski definition) is 1. The second-order valence-electron chi connectivity index (χ2n) is 5.42. The van der Waals surface area contributed by atoms with Crippen LogP contribution in [0.4, 0.5) is 0 Å². The maximum atomic E-state index is 5.32. The number of benzene rings is 1. The van der Waals surface area contributed by atoms with Crippen LogP contribution in [0.3, 0.4) is 0 Å². The number of nitrogens with one attached hydrogen (secondary N) is 1. The van der Waals surface area contributed by atoms with Crippen LogP contribution in [0.25, 0.3) is 0 Å². The fraction of sp³-hybridized carbons (Fsp3) is 0.562. The molecule has 1 N–H and O–H groups in total. The third-order valence-electron chi connectivity index (χ3n) is 3.73. The lowest BCUT2D eigenvalue weighted by molar-refractivity contribution is 0.297. The minimum absolute atomic E-state index is 0.315. The molecular weight excluding hydrogens is 250 g/mol. The predicted octanol–water partition coefficient (Wildman–Crippen LogP) is 2.47. The van der Waals surface area contributed by atoms with Gasteiger partial charge < -0.3 is 15.0 Å². The number of rotatable bonds is 5. The van der Waals surface area contributed by atoms with Crippen molar-refractivity contribution in [3.05, 3.63) is 29.8 Å². The maximum absolute atomic E-state index is 5.32. The van der Waals surface area contributed by atoms with Crippen LogP contribution < -0.4 is 10.1 Å². The standard InChI is InChI=1S/C16H25N3O/c1-19(2)15(12-18-16-9-4-5-10-17-16)13-7-6-8-14(11-13)20-3/h6-8,11,15H,4-5,9-10,12H2,1-3H3,(H,17,18). The molecule has 4 heteroatoms. The van der Waals surface area contributed by atoms with Gasteiger partial charge in [-0.3, -0.25) is 4.99 Å². The van der Waals surface area contributed by atoms with E-state index >= 15 is 0 Å². The Hall–Kier alpha value is -1.55. The maximum Gasteiger partial charge on any atom is 0.119 e. The van der Waals surface area contributed by atoms with Gasteiger partial charge in [0.2, 0.25) is 0 Å². The summed E-state index contributed by atoms with van der Waals surface area (Å²) in [5, 5.41) is 3.51. The molecule has 0 aromatic heterocycles. The number of aliphatic imine (C=N–C) groups is 1. The van der Waals surface area contributed by atoms with Gasteiger partial charge in [0, 0.05) is 19.5 Å². The second-order valence-corrected chi connectivity index (χ2v) is 5.42. The average Bonchev–Trinajstić information content (AvgIpc) is 2.48. The summed E-state index contributed by atoms with van der Waals surface area (Å²) in [5.74, 6) is 2.07. The summed E-state index contributed by atoms with van der Waals surface area (Å²) >= 11 is 0. The molecule has 1 aromatic rings. The van der Waals surface area contributed by atoms with Crippen molar-refractivity contribution in [3.63, 3.8) is 0 Å². The van der Waals surface area contributed by atoms with E-state index < -0.39 is 0 Å². The van der Waals surface area contributed by atoms with Crippen LogP contribution >= 0.6 is 0 Å². The zero-order chi connectivity index (χ0) is 14.4. The first-order valence-corrected chi connectivity index (χ1v) is 7.28. The fourth-order valence-corrected chi connectivity index (χ4v) is 2.50. The van der Waals surface area contributed by atoms with Crippen LogP contribution in [0.5, 0.6) is 5.75 Å². The van der Waals surface area contributed by atoms with E-state index in [9.17, 15) is 0 Å². The highest BCUT2D eigenvalue weighted by Crippen LogP contribution is 2.22. The van der Waals surface area contributed by atoms with Crippen molar-refractivity contribution < 1.29 is 4.74 Å². The summed E-state index contributed by atoms with van der Waals surface area (Å²) in [7, 11) is 5.92. The minimum Gasteiger partial charge on any atom is -0.497 e. The normalized spacial score (nSPS) is 16.7. The number of ether oxygens (including phenoxy) is 1. The van der Waals surface area contributed by atoms with Crippen molar-refractivity contribution in [1.29, 1.82) is 0 Å². The van der Waals surface area contributed by atoms with E-state index in [1.807, 2.05) is 12.1 Å². The van der Waals surface area contributed by atoms with Gasteiger partial charge in [0.15, 0.2) is 0 Å². The molecule has 0 bridgehead atoms. The highest BCUT2D eigenvalue weighted by Gasteiger charge is 2.16. The molecule has 1 aliphatic heterocycles. The Balaban J connectivity index is 2.04. The highest BCUT2D eigenvalue weighted by molar-refractivity contribution is 5.82. The van der Waals surface area contributed by atoms with Crippen molar-refractivity contribution in [3.8, 4) is 5.75 Å². The average molecular weight is 275 g/mol. The van der Waals surface area contributed by atoms with E-state index in [4.69, 9.17) is 4.74 Å². The van der Waals surface area contributed by atoms with Gasteiger partial charge in [0.25, 0.3) is 0 Å². The summed E-state index contributed by atoms with van der Waals surface area (Å²) < 4.78 is 5.32. The number of nitrogens with zero attached hydrogens (tertiary/aromatic N) is 2. The first-order valence-electron chi connectivity index (χ1n) is 7.28. The number of amidine groups is 1. The molecule has 1 atom stereocenters. The lowest BCUT2D eigenvalue weighted by atomic mass is 10.1. The van der Waals surface area contributed by atoms with Gasteiger partial charge in [-0.05, 0) is 44.6 Å². The Labute approximate surface area is 121 Å². The molecule has 4 nitrogen and oxygen atoms in total. The van der Waals surface area contributed by atoms with Gasteiger partial charge in [-0.25, -0.2) is 0 Å². The Morgan fingerprint density at radius 1 is 1.35 bits per heavy atom. The molecule has 0 saturated heterocycles. The van der Waals surface area contributed by atoms with Crippen molar-refractivity contribution in [2.75, 3.05) is 34.3 Å². The second kappa shape index (κ2) is 7.29. The van der Waals surface area contributed by atoms with E-state index in [2.05, 4.69) is 41.4 Å². The Kier molecular flexibility index (Phi) is 5.41. The van der Waals surface area contributed by atoms with Crippen LogP contribution in [-0.2, 0) is 0 Å². The number of methoxy groups -OCH3 is 1. The molecule has 1 unspecified atom stereocenters. The van der Waals surface area contributed by atoms with E-state index in [-0.39, 0.29) is 0 Å². The van der Waals surface area contributed by atoms with Gasteiger partial charge >= 0.3 is 0 Å². The van der Waals surface area contributed by atoms with Gasteiger partial charge in [0.05, 0.1) is 19.0 Å². The van der Waals surface area contributed by atoms with Gasteiger partial charge in [-0.2, -0.15) is 0 Å². The highest BCUT2D eigenvalue weighted by atomic mass is 16.5. The molecule has 1 aromatic carbocycles. The molecule has 1 heterocycles. The quantitative estimate of drug-likeness (QED) is 0.897. The number of hydrogen-bond acceptors (Lipinski definition) is 4. The number of likely N-dealkylation sites (N-methyl/N-ethyl adjacent to an activating group) is 1. The van der Waals surface area contributed by atoms with Crippen LogP contribution in [0.15, 0.2) is 29.3 Å². The van der Waals surface area contributed by atoms with Crippen molar-refractivity contribution >= 4 is 5.84 Å². The van der Waals surface area contributed by atoms with Crippen LogP contribution in [0, 0.1) is 0 Å². The molecule has 110 valence electrons. The van der Waals surface area contributed by atoms with E-state index in [1.165, 1.54) is 18.4 Å². The third kappa shape index (κ3) is 3.97. The molecule has 2 rings (SSSR count). The smallest absolute Gasteiger partial charge is 0.119 e. The van der Waals surface area contributed by atoms with Crippen molar-refractivity contribution in [2.45, 2.75) is 25.3 Å². The zero-order valence-corrected chi connectivity index (χ0v) is 12.7. The van der Waals surface area contributed by atoms with Gasteiger partial charge in [-0.1, -0.05) is 12.1 Å². The molecular formula is C16H25N3O. The Morgan fingerprint density at radius 2 is 2.20 bits per heavy atom. The summed E-state index contributed by atoms with van der Waals surface area (Å²) in [4.78, 5) is 6.78. The lowest BCUT2D eigenvalue weighted by Gasteiger charge is -2.26. The fourth-order valence-electron chi connectivity index (χ4n) is 2.50. The first-order chi connectivity index (χ1) is 9.70. The van der Waals surface area contributed by atoms with E-state index in [0.717, 1.165) is 31.1 Å². The minimum atomic E-state index is 0.315. The monoisotopic (exact) mass is 275 g/mol. The van der Waals surface area contributed by atoms with Crippen LogP contribution in [0.2, 0.25) is 0 Å². The lowest BCUT2D eigenvalue weighted by Crippen LogP contribution is -2.35. The largest absolute Gasteiger partial charge is 0.497 e. The van der Waals surface area contributed by atoms with E-state index in [1.54, 1.807) is 7.11 Å². The molecule has 0 saturated carbocycles. The molecule has 20 heavy (non-hydrogen) atoms. The molecule has 0 amide bonds. The van der Waals surface area contributed by atoms with E-state index in [0.29, 0.717) is 6.04 Å². The molecule has 0 radical (unpaired) electrons. The molecule has 0 aliphatic carbocycles. The molecule has 1 aliphatic rings. The SMILES string of the molecule is COc1cccc(C(CNC2=NCCCC2)N(C)C)c1. The third-order valence-corrected chi connectivity index (χ3v) is 3.73. The first kappa shape index (κ1) is 14.9.